The van der Waals surface area contributed by atoms with Gasteiger partial charge in [-0.05, 0) is 46.1 Å². The highest BCUT2D eigenvalue weighted by Gasteiger charge is 2.45. The van der Waals surface area contributed by atoms with Crippen LogP contribution in [-0.4, -0.2) is 55.4 Å². The van der Waals surface area contributed by atoms with Crippen molar-refractivity contribution in [1.82, 2.24) is 10.2 Å². The van der Waals surface area contributed by atoms with E-state index in [0.29, 0.717) is 12.6 Å². The van der Waals surface area contributed by atoms with Crippen LogP contribution in [-0.2, 0) is 14.6 Å². The summed E-state index contributed by atoms with van der Waals surface area (Å²) in [7, 11) is -3.40. The largest absolute Gasteiger partial charge is 0.337 e. The molecule has 1 aliphatic carbocycles. The second kappa shape index (κ2) is 5.64. The summed E-state index contributed by atoms with van der Waals surface area (Å²) in [6.45, 7) is 4.68. The Kier molecular flexibility index (Phi) is 4.44. The van der Waals surface area contributed by atoms with Gasteiger partial charge in [-0.3, -0.25) is 4.79 Å². The second-order valence-electron chi connectivity index (χ2n) is 6.62. The first-order valence-corrected chi connectivity index (χ1v) is 9.36. The number of piperidine rings is 1. The normalized spacial score (nSPS) is 24.4. The van der Waals surface area contributed by atoms with Crippen molar-refractivity contribution in [3.05, 3.63) is 0 Å². The number of rotatable bonds is 5. The fourth-order valence-corrected chi connectivity index (χ4v) is 3.04. The Bertz CT molecular complexity index is 463. The molecule has 0 aromatic carbocycles. The SMILES string of the molecule is CC(C)(C(=O)N(CC1CCCCN1)C1CC1)S(C)(=O)=O. The van der Waals surface area contributed by atoms with E-state index in [0.717, 1.165) is 32.1 Å². The fraction of sp³-hybridized carbons (Fsp3) is 0.929. The summed E-state index contributed by atoms with van der Waals surface area (Å²) >= 11 is 0. The molecule has 116 valence electrons. The Labute approximate surface area is 122 Å². The van der Waals surface area contributed by atoms with Crippen molar-refractivity contribution in [2.75, 3.05) is 19.3 Å². The van der Waals surface area contributed by atoms with E-state index < -0.39 is 14.6 Å². The number of sulfone groups is 1. The molecule has 2 aliphatic rings. The van der Waals surface area contributed by atoms with Gasteiger partial charge in [-0.25, -0.2) is 8.42 Å². The van der Waals surface area contributed by atoms with E-state index in [1.807, 2.05) is 4.90 Å². The van der Waals surface area contributed by atoms with Crippen LogP contribution in [0.15, 0.2) is 0 Å². The molecule has 0 radical (unpaired) electrons. The van der Waals surface area contributed by atoms with Gasteiger partial charge in [-0.2, -0.15) is 0 Å². The Morgan fingerprint density at radius 2 is 1.90 bits per heavy atom. The first-order valence-electron chi connectivity index (χ1n) is 7.47. The highest BCUT2D eigenvalue weighted by atomic mass is 32.2. The Morgan fingerprint density at radius 1 is 1.25 bits per heavy atom. The molecule has 6 heteroatoms. The molecular weight excluding hydrogens is 276 g/mol. The third kappa shape index (κ3) is 3.34. The van der Waals surface area contributed by atoms with E-state index in [4.69, 9.17) is 0 Å². The van der Waals surface area contributed by atoms with Gasteiger partial charge in [0.25, 0.3) is 0 Å². The lowest BCUT2D eigenvalue weighted by Gasteiger charge is -2.35. The van der Waals surface area contributed by atoms with Crippen LogP contribution in [0, 0.1) is 0 Å². The molecule has 1 amide bonds. The minimum atomic E-state index is -3.40. The van der Waals surface area contributed by atoms with E-state index in [-0.39, 0.29) is 11.9 Å². The number of hydrogen-bond acceptors (Lipinski definition) is 4. The fourth-order valence-electron chi connectivity index (χ4n) is 2.61. The number of amides is 1. The zero-order valence-electron chi connectivity index (χ0n) is 12.7. The van der Waals surface area contributed by atoms with Gasteiger partial charge in [0.05, 0.1) is 0 Å². The molecule has 1 unspecified atom stereocenters. The number of hydrogen-bond donors (Lipinski definition) is 1. The molecular formula is C14H26N2O3S. The molecule has 2 rings (SSSR count). The minimum Gasteiger partial charge on any atom is -0.337 e. The first kappa shape index (κ1) is 15.8. The number of carbonyl (C=O) groups excluding carboxylic acids is 1. The van der Waals surface area contributed by atoms with Crippen LogP contribution in [0.4, 0.5) is 0 Å². The van der Waals surface area contributed by atoms with Crippen LogP contribution < -0.4 is 5.32 Å². The van der Waals surface area contributed by atoms with Gasteiger partial charge >= 0.3 is 0 Å². The van der Waals surface area contributed by atoms with Crippen LogP contribution in [0.25, 0.3) is 0 Å². The van der Waals surface area contributed by atoms with E-state index in [9.17, 15) is 13.2 Å². The highest BCUT2D eigenvalue weighted by molar-refractivity contribution is 7.92. The minimum absolute atomic E-state index is 0.241. The molecule has 2 fully saturated rings. The van der Waals surface area contributed by atoms with Crippen molar-refractivity contribution in [3.63, 3.8) is 0 Å². The molecule has 1 saturated carbocycles. The summed E-state index contributed by atoms with van der Waals surface area (Å²) in [6, 6.07) is 0.552. The highest BCUT2D eigenvalue weighted by Crippen LogP contribution is 2.31. The predicted octanol–water partition coefficient (Wildman–Crippen LogP) is 0.943. The van der Waals surface area contributed by atoms with Crippen molar-refractivity contribution in [3.8, 4) is 0 Å². The van der Waals surface area contributed by atoms with E-state index in [1.165, 1.54) is 26.7 Å². The molecule has 1 heterocycles. The lowest BCUT2D eigenvalue weighted by molar-refractivity contribution is -0.134. The monoisotopic (exact) mass is 302 g/mol. The van der Waals surface area contributed by atoms with Crippen LogP contribution in [0.1, 0.15) is 46.0 Å². The molecule has 0 aromatic heterocycles. The van der Waals surface area contributed by atoms with Crippen LogP contribution in [0.2, 0.25) is 0 Å². The average Bonchev–Trinajstić information content (AvgIpc) is 3.19. The third-order valence-corrected chi connectivity index (χ3v) is 6.55. The maximum atomic E-state index is 12.7. The maximum absolute atomic E-state index is 12.7. The lowest BCUT2D eigenvalue weighted by atomic mass is 10.0. The quantitative estimate of drug-likeness (QED) is 0.821. The summed E-state index contributed by atoms with van der Waals surface area (Å²) in [5.74, 6) is -0.241. The van der Waals surface area contributed by atoms with E-state index in [2.05, 4.69) is 5.32 Å². The van der Waals surface area contributed by atoms with Crippen LogP contribution in [0.5, 0.6) is 0 Å². The topological polar surface area (TPSA) is 66.5 Å². The smallest absolute Gasteiger partial charge is 0.243 e. The summed E-state index contributed by atoms with van der Waals surface area (Å²) in [5, 5.41) is 3.43. The van der Waals surface area contributed by atoms with Gasteiger partial charge in [0.1, 0.15) is 4.75 Å². The number of nitrogens with zero attached hydrogens (tertiary/aromatic N) is 1. The molecule has 1 N–H and O–H groups in total. The maximum Gasteiger partial charge on any atom is 0.243 e. The summed E-state index contributed by atoms with van der Waals surface area (Å²) in [6.07, 6.45) is 6.57. The van der Waals surface area contributed by atoms with E-state index >= 15 is 0 Å². The van der Waals surface area contributed by atoms with E-state index in [1.54, 1.807) is 0 Å². The van der Waals surface area contributed by atoms with Crippen molar-refractivity contribution in [1.29, 1.82) is 0 Å². The van der Waals surface area contributed by atoms with Crippen LogP contribution >= 0.6 is 0 Å². The molecule has 0 bridgehead atoms. The zero-order valence-corrected chi connectivity index (χ0v) is 13.5. The summed E-state index contributed by atoms with van der Waals surface area (Å²) < 4.78 is 22.4. The molecule has 1 atom stereocenters. The Balaban J connectivity index is 2.10. The predicted molar refractivity (Wildman–Crippen MR) is 79.3 cm³/mol. The molecule has 0 aromatic rings. The van der Waals surface area contributed by atoms with Crippen molar-refractivity contribution >= 4 is 15.7 Å². The zero-order chi connectivity index (χ0) is 15.0. The van der Waals surface area contributed by atoms with Crippen LogP contribution in [0.3, 0.4) is 0 Å². The standard InChI is InChI=1S/C14H26N2O3S/c1-14(2,20(3,18)19)13(17)16(12-7-8-12)10-11-6-4-5-9-15-11/h11-12,15H,4-10H2,1-3H3. The van der Waals surface area contributed by atoms with Gasteiger partial charge in [0, 0.05) is 24.9 Å². The second-order valence-corrected chi connectivity index (χ2v) is 9.18. The van der Waals surface area contributed by atoms with Gasteiger partial charge in [0.15, 0.2) is 9.84 Å². The summed E-state index contributed by atoms with van der Waals surface area (Å²) in [5.41, 5.74) is 0. The van der Waals surface area contributed by atoms with Gasteiger partial charge in [0.2, 0.25) is 5.91 Å². The number of nitrogens with one attached hydrogen (secondary N) is 1. The molecule has 20 heavy (non-hydrogen) atoms. The molecule has 5 nitrogen and oxygen atoms in total. The average molecular weight is 302 g/mol. The Hall–Kier alpha value is -0.620. The molecule has 1 saturated heterocycles. The van der Waals surface area contributed by atoms with Crippen molar-refractivity contribution in [2.24, 2.45) is 0 Å². The van der Waals surface area contributed by atoms with Gasteiger partial charge in [-0.15, -0.1) is 0 Å². The van der Waals surface area contributed by atoms with Crippen molar-refractivity contribution < 1.29 is 13.2 Å². The van der Waals surface area contributed by atoms with Crippen molar-refractivity contribution in [2.45, 2.75) is 62.8 Å². The summed E-state index contributed by atoms with van der Waals surface area (Å²) in [4.78, 5) is 14.5. The third-order valence-electron chi connectivity index (χ3n) is 4.52. The van der Waals surface area contributed by atoms with Gasteiger partial charge < -0.3 is 10.2 Å². The van der Waals surface area contributed by atoms with Gasteiger partial charge in [-0.1, -0.05) is 6.42 Å². The molecule has 1 aliphatic heterocycles. The lowest BCUT2D eigenvalue weighted by Crippen LogP contribution is -2.54. The first-order chi connectivity index (χ1) is 9.23. The molecule has 0 spiro atoms. The number of carbonyl (C=O) groups is 1. The Morgan fingerprint density at radius 3 is 2.35 bits per heavy atom.